The normalized spacial score (nSPS) is 11.8. The number of benzene rings is 3. The molecule has 2 N–H and O–H groups in total. The standard InChI is InChI=1S/C21H14ClFN2O4/c22-13-3-7-16(17(9-13)25-20(26)12-1-4-14(23)5-2-12)21(27)24-15-6-8-18-19(10-15)29-11-28-18/h1-10H,11H2,(H,24,27)(H,25,26). The number of ether oxygens (including phenoxy) is 2. The molecule has 0 aromatic heterocycles. The van der Waals surface area contributed by atoms with E-state index in [1.807, 2.05) is 0 Å². The molecule has 3 aromatic rings. The minimum Gasteiger partial charge on any atom is -0.454 e. The maximum Gasteiger partial charge on any atom is 0.257 e. The van der Waals surface area contributed by atoms with Crippen molar-refractivity contribution >= 4 is 34.8 Å². The summed E-state index contributed by atoms with van der Waals surface area (Å²) >= 11 is 6.03. The molecule has 1 aliphatic rings. The van der Waals surface area contributed by atoms with Crippen molar-refractivity contribution < 1.29 is 23.5 Å². The second-order valence-corrected chi connectivity index (χ2v) is 6.61. The number of anilines is 2. The smallest absolute Gasteiger partial charge is 0.257 e. The van der Waals surface area contributed by atoms with Gasteiger partial charge in [0.1, 0.15) is 5.82 Å². The summed E-state index contributed by atoms with van der Waals surface area (Å²) in [5.74, 6) is -0.266. The number of fused-ring (bicyclic) bond motifs is 1. The first-order valence-corrected chi connectivity index (χ1v) is 8.95. The molecule has 0 spiro atoms. The summed E-state index contributed by atoms with van der Waals surface area (Å²) in [4.78, 5) is 25.2. The average molecular weight is 413 g/mol. The first-order valence-electron chi connectivity index (χ1n) is 8.57. The second kappa shape index (κ2) is 7.81. The SMILES string of the molecule is O=C(Nc1cc(Cl)ccc1C(=O)Nc1ccc2c(c1)OCO2)c1ccc(F)cc1. The molecular weight excluding hydrogens is 399 g/mol. The van der Waals surface area contributed by atoms with E-state index in [-0.39, 0.29) is 23.6 Å². The molecular formula is C21H14ClFN2O4. The van der Waals surface area contributed by atoms with Gasteiger partial charge >= 0.3 is 0 Å². The van der Waals surface area contributed by atoms with Crippen LogP contribution in [0.3, 0.4) is 0 Å². The zero-order valence-corrected chi connectivity index (χ0v) is 15.6. The van der Waals surface area contributed by atoms with Crippen molar-refractivity contribution in [2.75, 3.05) is 17.4 Å². The summed E-state index contributed by atoms with van der Waals surface area (Å²) in [5.41, 5.74) is 1.19. The number of hydrogen-bond donors (Lipinski definition) is 2. The highest BCUT2D eigenvalue weighted by atomic mass is 35.5. The lowest BCUT2D eigenvalue weighted by Crippen LogP contribution is -2.18. The van der Waals surface area contributed by atoms with Gasteiger partial charge in [-0.05, 0) is 54.6 Å². The van der Waals surface area contributed by atoms with Crippen LogP contribution in [0.1, 0.15) is 20.7 Å². The minimum atomic E-state index is -0.496. The maximum absolute atomic E-state index is 13.1. The molecule has 29 heavy (non-hydrogen) atoms. The van der Waals surface area contributed by atoms with Crippen LogP contribution in [0, 0.1) is 5.82 Å². The number of rotatable bonds is 4. The second-order valence-electron chi connectivity index (χ2n) is 6.17. The van der Waals surface area contributed by atoms with Crippen LogP contribution < -0.4 is 20.1 Å². The van der Waals surface area contributed by atoms with E-state index in [9.17, 15) is 14.0 Å². The lowest BCUT2D eigenvalue weighted by atomic mass is 10.1. The fourth-order valence-electron chi connectivity index (χ4n) is 2.79. The van der Waals surface area contributed by atoms with Gasteiger partial charge in [-0.1, -0.05) is 11.6 Å². The molecule has 0 fully saturated rings. The van der Waals surface area contributed by atoms with Gasteiger partial charge in [-0.3, -0.25) is 9.59 Å². The van der Waals surface area contributed by atoms with E-state index in [2.05, 4.69) is 10.6 Å². The molecule has 0 unspecified atom stereocenters. The number of halogens is 2. The molecule has 1 aliphatic heterocycles. The van der Waals surface area contributed by atoms with Crippen molar-refractivity contribution in [2.45, 2.75) is 0 Å². The Bertz CT molecular complexity index is 1100. The minimum absolute atomic E-state index is 0.128. The van der Waals surface area contributed by atoms with Crippen LogP contribution in [0.4, 0.5) is 15.8 Å². The Morgan fingerprint density at radius 3 is 2.41 bits per heavy atom. The van der Waals surface area contributed by atoms with Crippen molar-refractivity contribution in [3.8, 4) is 11.5 Å². The number of carbonyl (C=O) groups excluding carboxylic acids is 2. The van der Waals surface area contributed by atoms with Crippen molar-refractivity contribution in [2.24, 2.45) is 0 Å². The van der Waals surface area contributed by atoms with E-state index in [4.69, 9.17) is 21.1 Å². The first-order chi connectivity index (χ1) is 14.0. The maximum atomic E-state index is 13.1. The fourth-order valence-corrected chi connectivity index (χ4v) is 2.96. The van der Waals surface area contributed by atoms with Gasteiger partial charge in [0.25, 0.3) is 11.8 Å². The monoisotopic (exact) mass is 412 g/mol. The van der Waals surface area contributed by atoms with Crippen LogP contribution in [-0.2, 0) is 0 Å². The summed E-state index contributed by atoms with van der Waals surface area (Å²) < 4.78 is 23.6. The predicted octanol–water partition coefficient (Wildman–Crippen LogP) is 4.71. The Kier molecular flexibility index (Phi) is 5.05. The van der Waals surface area contributed by atoms with Crippen molar-refractivity contribution in [1.29, 1.82) is 0 Å². The third kappa shape index (κ3) is 4.14. The van der Waals surface area contributed by atoms with Crippen LogP contribution in [0.25, 0.3) is 0 Å². The number of hydrogen-bond acceptors (Lipinski definition) is 4. The lowest BCUT2D eigenvalue weighted by molar-refractivity contribution is 0.102. The van der Waals surface area contributed by atoms with E-state index in [1.165, 1.54) is 36.4 Å². The van der Waals surface area contributed by atoms with Gasteiger partial charge in [0.05, 0.1) is 11.3 Å². The van der Waals surface area contributed by atoms with Crippen molar-refractivity contribution in [1.82, 2.24) is 0 Å². The van der Waals surface area contributed by atoms with Gasteiger partial charge < -0.3 is 20.1 Å². The molecule has 0 atom stereocenters. The Morgan fingerprint density at radius 1 is 0.862 bits per heavy atom. The topological polar surface area (TPSA) is 76.7 Å². The van der Waals surface area contributed by atoms with Gasteiger partial charge in [-0.15, -0.1) is 0 Å². The van der Waals surface area contributed by atoms with E-state index in [0.29, 0.717) is 22.2 Å². The lowest BCUT2D eigenvalue weighted by Gasteiger charge is -2.12. The molecule has 8 heteroatoms. The van der Waals surface area contributed by atoms with Crippen LogP contribution in [0.2, 0.25) is 5.02 Å². The summed E-state index contributed by atoms with van der Waals surface area (Å²) in [6.45, 7) is 0.128. The van der Waals surface area contributed by atoms with E-state index < -0.39 is 17.6 Å². The van der Waals surface area contributed by atoms with Gasteiger partial charge in [0.2, 0.25) is 6.79 Å². The van der Waals surface area contributed by atoms with Gasteiger partial charge in [0, 0.05) is 22.3 Å². The number of carbonyl (C=O) groups is 2. The van der Waals surface area contributed by atoms with Gasteiger partial charge in [0.15, 0.2) is 11.5 Å². The van der Waals surface area contributed by atoms with Gasteiger partial charge in [-0.2, -0.15) is 0 Å². The molecule has 0 saturated heterocycles. The summed E-state index contributed by atoms with van der Waals surface area (Å²) in [6.07, 6.45) is 0. The molecule has 0 aliphatic carbocycles. The number of nitrogens with one attached hydrogen (secondary N) is 2. The highest BCUT2D eigenvalue weighted by Gasteiger charge is 2.18. The van der Waals surface area contributed by atoms with E-state index in [0.717, 1.165) is 0 Å². The Balaban J connectivity index is 1.56. The predicted molar refractivity (Wildman–Crippen MR) is 106 cm³/mol. The molecule has 1 heterocycles. The molecule has 146 valence electrons. The molecule has 3 aromatic carbocycles. The molecule has 6 nitrogen and oxygen atoms in total. The Morgan fingerprint density at radius 2 is 1.62 bits per heavy atom. The summed E-state index contributed by atoms with van der Waals surface area (Å²) in [6, 6.07) is 14.6. The van der Waals surface area contributed by atoms with Crippen LogP contribution in [0.5, 0.6) is 11.5 Å². The van der Waals surface area contributed by atoms with E-state index in [1.54, 1.807) is 24.3 Å². The quantitative estimate of drug-likeness (QED) is 0.650. The van der Waals surface area contributed by atoms with Gasteiger partial charge in [-0.25, -0.2) is 4.39 Å². The van der Waals surface area contributed by atoms with Crippen LogP contribution in [0.15, 0.2) is 60.7 Å². The van der Waals surface area contributed by atoms with Crippen LogP contribution in [-0.4, -0.2) is 18.6 Å². The largest absolute Gasteiger partial charge is 0.454 e. The first kappa shape index (κ1) is 18.8. The van der Waals surface area contributed by atoms with Crippen LogP contribution >= 0.6 is 11.6 Å². The Labute approximate surface area is 170 Å². The molecule has 0 saturated carbocycles. The van der Waals surface area contributed by atoms with Crippen molar-refractivity contribution in [3.63, 3.8) is 0 Å². The number of amides is 2. The third-order valence-electron chi connectivity index (χ3n) is 4.21. The Hall–Kier alpha value is -3.58. The average Bonchev–Trinajstić information content (AvgIpc) is 3.16. The van der Waals surface area contributed by atoms with Crippen molar-refractivity contribution in [3.05, 3.63) is 82.6 Å². The molecule has 4 rings (SSSR count). The summed E-state index contributed by atoms with van der Waals surface area (Å²) in [5, 5.41) is 5.74. The highest BCUT2D eigenvalue weighted by Crippen LogP contribution is 2.34. The molecule has 2 amide bonds. The zero-order chi connectivity index (χ0) is 20.4. The third-order valence-corrected chi connectivity index (χ3v) is 4.45. The van der Waals surface area contributed by atoms with E-state index >= 15 is 0 Å². The molecule has 0 bridgehead atoms. The highest BCUT2D eigenvalue weighted by molar-refractivity contribution is 6.31. The zero-order valence-electron chi connectivity index (χ0n) is 14.9. The summed E-state index contributed by atoms with van der Waals surface area (Å²) in [7, 11) is 0. The fraction of sp³-hybridized carbons (Fsp3) is 0.0476. The molecule has 0 radical (unpaired) electrons.